The van der Waals surface area contributed by atoms with Crippen molar-refractivity contribution < 1.29 is 82.6 Å². The van der Waals surface area contributed by atoms with E-state index in [2.05, 4.69) is 34.8 Å². The molecule has 2 nitrogen and oxygen atoms in total. The number of nitrogens with zero attached hydrogens (tertiary/aromatic N) is 2. The van der Waals surface area contributed by atoms with Gasteiger partial charge in [0.05, 0.1) is 13.6 Å². The van der Waals surface area contributed by atoms with Crippen molar-refractivity contribution in [3.8, 4) is 0 Å². The van der Waals surface area contributed by atoms with Crippen LogP contribution in [-0.4, -0.2) is 4.57 Å². The standard InChI is InChI=1S/C8H15N2.F6P.K.H/c1-3-4-5-10-7-6-9(2)8-10;1-7(2,3,4,5)6;;/h6-8H,3-5H2,1-2H3;;;/q+1;-1;+1;-1. The summed E-state index contributed by atoms with van der Waals surface area (Å²) >= 11 is 0. The summed E-state index contributed by atoms with van der Waals surface area (Å²) in [6.45, 7) is 3.36. The van der Waals surface area contributed by atoms with Gasteiger partial charge in [-0.2, -0.15) is 0 Å². The van der Waals surface area contributed by atoms with Crippen LogP contribution < -0.4 is 56.0 Å². The van der Waals surface area contributed by atoms with Gasteiger partial charge in [0, 0.05) is 0 Å². The Balaban J connectivity index is -0.000000258. The summed E-state index contributed by atoms with van der Waals surface area (Å²) < 4.78 is 63.5. The Bertz CT molecular complexity index is 354. The van der Waals surface area contributed by atoms with Crippen molar-refractivity contribution in [3.63, 3.8) is 0 Å². The number of aryl methyl sites for hydroxylation is 2. The van der Waals surface area contributed by atoms with Crippen LogP contribution in [0.2, 0.25) is 0 Å². The van der Waals surface area contributed by atoms with E-state index in [1.165, 1.54) is 12.8 Å². The molecule has 1 aromatic rings. The third-order valence-corrected chi connectivity index (χ3v) is 1.59. The molecule has 1 rings (SSSR count). The van der Waals surface area contributed by atoms with Crippen LogP contribution in [-0.2, 0) is 13.6 Å². The van der Waals surface area contributed by atoms with Gasteiger partial charge in [0.1, 0.15) is 12.4 Å². The fourth-order valence-electron chi connectivity index (χ4n) is 0.975. The molecule has 0 aliphatic heterocycles. The van der Waals surface area contributed by atoms with E-state index < -0.39 is 7.81 Å². The van der Waals surface area contributed by atoms with Crippen LogP contribution in [0.25, 0.3) is 0 Å². The first-order valence-corrected chi connectivity index (χ1v) is 6.88. The van der Waals surface area contributed by atoms with Crippen LogP contribution in [0.5, 0.6) is 0 Å². The molecule has 0 aromatic carbocycles. The summed E-state index contributed by atoms with van der Waals surface area (Å²) in [7, 11) is -8.61. The summed E-state index contributed by atoms with van der Waals surface area (Å²) in [5.74, 6) is 0. The number of halogens is 6. The zero-order valence-corrected chi connectivity index (χ0v) is 14.5. The van der Waals surface area contributed by atoms with Crippen molar-refractivity contribution in [1.82, 2.24) is 4.57 Å². The molecule has 0 amide bonds. The molecule has 0 saturated heterocycles. The smallest absolute Gasteiger partial charge is 1.00 e. The van der Waals surface area contributed by atoms with Gasteiger partial charge in [-0.25, -0.2) is 9.13 Å². The maximum Gasteiger partial charge on any atom is 1.00 e. The van der Waals surface area contributed by atoms with Crippen LogP contribution in [0.1, 0.15) is 21.2 Å². The zero-order valence-electron chi connectivity index (χ0n) is 11.5. The predicted molar refractivity (Wildman–Crippen MR) is 55.2 cm³/mol. The van der Waals surface area contributed by atoms with Gasteiger partial charge in [0.15, 0.2) is 0 Å². The summed E-state index contributed by atoms with van der Waals surface area (Å²) in [5.41, 5.74) is 0. The van der Waals surface area contributed by atoms with Crippen molar-refractivity contribution in [1.29, 1.82) is 0 Å². The second-order valence-electron chi connectivity index (χ2n) is 3.63. The Hall–Kier alpha value is 0.856. The first kappa shape index (κ1) is 21.2. The minimum atomic E-state index is -10.7. The Morgan fingerprint density at radius 1 is 1.17 bits per heavy atom. The van der Waals surface area contributed by atoms with Gasteiger partial charge in [-0.15, -0.1) is 0 Å². The minimum absolute atomic E-state index is 0. The Morgan fingerprint density at radius 3 is 1.89 bits per heavy atom. The monoisotopic (exact) mass is 324 g/mol. The second kappa shape index (κ2) is 6.54. The topological polar surface area (TPSA) is 8.81 Å². The molecule has 1 aromatic heterocycles. The first-order valence-electron chi connectivity index (χ1n) is 4.85. The van der Waals surface area contributed by atoms with Crippen LogP contribution in [0.15, 0.2) is 18.7 Å². The maximum atomic E-state index is 9.87. The summed E-state index contributed by atoms with van der Waals surface area (Å²) in [5, 5.41) is 0. The molecule has 10 heteroatoms. The molecule has 0 aliphatic carbocycles. The molecule has 0 unspecified atom stereocenters. The SMILES string of the molecule is CCCCn1cc[n+](C)c1.F[P-](F)(F)(F)(F)F.[H-].[K+]. The van der Waals surface area contributed by atoms with Crippen LogP contribution >= 0.6 is 7.81 Å². The van der Waals surface area contributed by atoms with E-state index >= 15 is 0 Å². The number of rotatable bonds is 3. The average Bonchev–Trinajstić information content (AvgIpc) is 2.42. The third kappa shape index (κ3) is 22.1. The summed E-state index contributed by atoms with van der Waals surface area (Å²) in [4.78, 5) is 0. The molecule has 0 fully saturated rings. The van der Waals surface area contributed by atoms with Gasteiger partial charge in [0.2, 0.25) is 6.33 Å². The number of hydrogen-bond acceptors (Lipinski definition) is 0. The van der Waals surface area contributed by atoms with E-state index in [0.29, 0.717) is 0 Å². The predicted octanol–water partition coefficient (Wildman–Crippen LogP) is 1.61. The van der Waals surface area contributed by atoms with E-state index in [9.17, 15) is 25.2 Å². The molecule has 0 saturated carbocycles. The van der Waals surface area contributed by atoms with Crippen molar-refractivity contribution in [3.05, 3.63) is 18.7 Å². The molecular weight excluding hydrogens is 308 g/mol. The minimum Gasteiger partial charge on any atom is -1.00 e. The molecule has 0 atom stereocenters. The molecule has 0 N–H and O–H groups in total. The molecule has 0 radical (unpaired) electrons. The van der Waals surface area contributed by atoms with Crippen molar-refractivity contribution in [2.75, 3.05) is 0 Å². The number of imidazole rings is 1. The largest absolute Gasteiger partial charge is 1.00 e. The number of unbranched alkanes of at least 4 members (excludes halogenated alkanes) is 1. The first-order chi connectivity index (χ1) is 7.28. The molecular formula is C8H16F6KN2P. The van der Waals surface area contributed by atoms with Gasteiger partial charge in [-0.3, -0.25) is 0 Å². The van der Waals surface area contributed by atoms with Crippen molar-refractivity contribution in [2.24, 2.45) is 7.05 Å². The van der Waals surface area contributed by atoms with E-state index in [4.69, 9.17) is 0 Å². The fraction of sp³-hybridized carbons (Fsp3) is 0.625. The Morgan fingerprint density at radius 2 is 1.61 bits per heavy atom. The van der Waals surface area contributed by atoms with Crippen LogP contribution in [0, 0.1) is 0 Å². The van der Waals surface area contributed by atoms with Gasteiger partial charge in [0.25, 0.3) is 0 Å². The third-order valence-electron chi connectivity index (χ3n) is 1.59. The summed E-state index contributed by atoms with van der Waals surface area (Å²) in [6.07, 6.45) is 8.82. The molecule has 1 heterocycles. The molecule has 106 valence electrons. The molecule has 18 heavy (non-hydrogen) atoms. The average molecular weight is 324 g/mol. The van der Waals surface area contributed by atoms with Gasteiger partial charge in [-0.05, 0) is 6.42 Å². The molecule has 0 bridgehead atoms. The quantitative estimate of drug-likeness (QED) is 0.346. The van der Waals surface area contributed by atoms with Crippen molar-refractivity contribution >= 4 is 7.81 Å². The summed E-state index contributed by atoms with van der Waals surface area (Å²) in [6, 6.07) is 0. The zero-order chi connectivity index (χ0) is 13.8. The number of hydrogen-bond donors (Lipinski definition) is 0. The van der Waals surface area contributed by atoms with Gasteiger partial charge < -0.3 is 1.43 Å². The van der Waals surface area contributed by atoms with E-state index in [0.717, 1.165) is 6.54 Å². The van der Waals surface area contributed by atoms with Crippen LogP contribution in [0.3, 0.4) is 0 Å². The van der Waals surface area contributed by atoms with E-state index in [-0.39, 0.29) is 52.8 Å². The fourth-order valence-corrected chi connectivity index (χ4v) is 0.975. The maximum absolute atomic E-state index is 10.7. The van der Waals surface area contributed by atoms with Gasteiger partial charge in [-0.1, -0.05) is 13.3 Å². The second-order valence-corrected chi connectivity index (χ2v) is 5.55. The van der Waals surface area contributed by atoms with Gasteiger partial charge >= 0.3 is 84.4 Å². The Labute approximate surface area is 145 Å². The van der Waals surface area contributed by atoms with Crippen LogP contribution in [0.4, 0.5) is 25.2 Å². The van der Waals surface area contributed by atoms with E-state index in [1.807, 2.05) is 7.05 Å². The normalized spacial score (nSPS) is 14.7. The number of aromatic nitrogens is 2. The van der Waals surface area contributed by atoms with Crippen molar-refractivity contribution in [2.45, 2.75) is 26.3 Å². The molecule has 0 spiro atoms. The molecule has 0 aliphatic rings. The Kier molecular flexibility index (Phi) is 7.69. The van der Waals surface area contributed by atoms with E-state index in [1.54, 1.807) is 0 Å².